The van der Waals surface area contributed by atoms with Gasteiger partial charge in [0.1, 0.15) is 17.8 Å². The van der Waals surface area contributed by atoms with Crippen LogP contribution in [-0.2, 0) is 28.7 Å². The zero-order valence-corrected chi connectivity index (χ0v) is 28.4. The number of carbonyl (C=O) groups is 6. The van der Waals surface area contributed by atoms with Crippen LogP contribution < -0.4 is 16.0 Å². The minimum Gasteiger partial charge on any atom is -0.381 e. The number of hydrogen-bond acceptors (Lipinski definition) is 9. The highest BCUT2D eigenvalue weighted by molar-refractivity contribution is 6.38. The normalized spacial score (nSPS) is 23.2. The lowest BCUT2D eigenvalue weighted by molar-refractivity contribution is -0.146. The molecule has 3 fully saturated rings. The fourth-order valence-electron chi connectivity index (χ4n) is 6.77. The minimum atomic E-state index is -1.03. The fraction of sp³-hybridized carbons (Fsp3) is 0.706. The van der Waals surface area contributed by atoms with Crippen molar-refractivity contribution in [3.63, 3.8) is 0 Å². The van der Waals surface area contributed by atoms with E-state index in [0.29, 0.717) is 19.4 Å². The lowest BCUT2D eigenvalue weighted by Crippen LogP contribution is -2.60. The molecule has 2 unspecified atom stereocenters. The lowest BCUT2D eigenvalue weighted by atomic mass is 9.84. The molecular weight excluding hydrogens is 604 g/mol. The number of likely N-dealkylation sites (tertiary alicyclic amines) is 1. The second-order valence-electron chi connectivity index (χ2n) is 14.3. The molecule has 258 valence electrons. The van der Waals surface area contributed by atoms with Crippen molar-refractivity contribution in [1.29, 1.82) is 0 Å². The van der Waals surface area contributed by atoms with Crippen LogP contribution in [0.2, 0.25) is 0 Å². The number of rotatable bonds is 15. The predicted octanol–water partition coefficient (Wildman–Crippen LogP) is 1.99. The van der Waals surface area contributed by atoms with Gasteiger partial charge < -0.3 is 25.6 Å². The standard InChI is InChI=1S/C34H50N6O7/c1-7-9-24(28(42)32(45)37-21-12-13-21)38-31(44)27-22-11-8-10-20(22)18-40(27)33(46)29(34(3,4)5)39-30(43)23(19(2)47-6)16-26(41)25-17-35-14-15-36-25/h14-15,17,19-24,27,29H,7-13,16,18H2,1-6H3,(H,37,45)(H,38,44)(H,39,43)/t19-,20+,22+,23?,24?,27+,29-/m1/s1. The molecule has 13 nitrogen and oxygen atoms in total. The van der Waals surface area contributed by atoms with Gasteiger partial charge in [-0.1, -0.05) is 40.5 Å². The number of hydrogen-bond donors (Lipinski definition) is 3. The Bertz CT molecular complexity index is 1330. The number of aromatic nitrogens is 2. The molecule has 2 aliphatic carbocycles. The van der Waals surface area contributed by atoms with E-state index >= 15 is 0 Å². The van der Waals surface area contributed by atoms with Crippen molar-refractivity contribution in [3.8, 4) is 0 Å². The number of ether oxygens (including phenoxy) is 1. The summed E-state index contributed by atoms with van der Waals surface area (Å²) in [5, 5.41) is 8.45. The number of carbonyl (C=O) groups excluding carboxylic acids is 6. The molecule has 13 heteroatoms. The van der Waals surface area contributed by atoms with Gasteiger partial charge in [-0.2, -0.15) is 0 Å². The highest BCUT2D eigenvalue weighted by atomic mass is 16.5. The van der Waals surface area contributed by atoms with Crippen LogP contribution >= 0.6 is 0 Å². The average Bonchev–Trinajstić information content (AvgIpc) is 3.61. The Morgan fingerprint density at radius 1 is 1.04 bits per heavy atom. The summed E-state index contributed by atoms with van der Waals surface area (Å²) in [5.41, 5.74) is -0.637. The smallest absolute Gasteiger partial charge is 0.289 e. The number of ketones is 2. The molecule has 0 spiro atoms. The fourth-order valence-corrected chi connectivity index (χ4v) is 6.77. The average molecular weight is 655 g/mol. The summed E-state index contributed by atoms with van der Waals surface area (Å²) in [7, 11) is 1.45. The predicted molar refractivity (Wildman–Crippen MR) is 172 cm³/mol. The summed E-state index contributed by atoms with van der Waals surface area (Å²) in [6, 6.07) is -2.86. The Balaban J connectivity index is 1.55. The maximum Gasteiger partial charge on any atom is 0.289 e. The summed E-state index contributed by atoms with van der Waals surface area (Å²) in [4.78, 5) is 90.5. The van der Waals surface area contributed by atoms with Gasteiger partial charge in [0.05, 0.1) is 24.3 Å². The van der Waals surface area contributed by atoms with Gasteiger partial charge >= 0.3 is 0 Å². The topological polar surface area (TPSA) is 177 Å². The molecule has 7 atom stereocenters. The Labute approximate surface area is 276 Å². The maximum absolute atomic E-state index is 14.4. The second kappa shape index (κ2) is 15.4. The van der Waals surface area contributed by atoms with E-state index in [1.165, 1.54) is 25.7 Å². The van der Waals surface area contributed by atoms with Crippen LogP contribution in [0.25, 0.3) is 0 Å². The Hall–Kier alpha value is -3.74. The summed E-state index contributed by atoms with van der Waals surface area (Å²) in [5.74, 6) is -4.07. The summed E-state index contributed by atoms with van der Waals surface area (Å²) in [6.45, 7) is 9.39. The third kappa shape index (κ3) is 8.79. The van der Waals surface area contributed by atoms with Gasteiger partial charge in [-0.15, -0.1) is 0 Å². The molecule has 1 aromatic heterocycles. The van der Waals surface area contributed by atoms with Gasteiger partial charge in [0.25, 0.3) is 5.91 Å². The zero-order chi connectivity index (χ0) is 34.5. The molecule has 2 heterocycles. The first-order valence-electron chi connectivity index (χ1n) is 16.8. The number of nitrogens with one attached hydrogen (secondary N) is 3. The number of amides is 4. The third-order valence-electron chi connectivity index (χ3n) is 9.72. The van der Waals surface area contributed by atoms with E-state index in [0.717, 1.165) is 32.1 Å². The lowest BCUT2D eigenvalue weighted by Gasteiger charge is -2.37. The first-order chi connectivity index (χ1) is 22.3. The molecular formula is C34H50N6O7. The van der Waals surface area contributed by atoms with Crippen molar-refractivity contribution in [2.75, 3.05) is 13.7 Å². The number of methoxy groups -OCH3 is 1. The van der Waals surface area contributed by atoms with Crippen molar-refractivity contribution in [3.05, 3.63) is 24.3 Å². The van der Waals surface area contributed by atoms with Crippen LogP contribution in [0.5, 0.6) is 0 Å². The summed E-state index contributed by atoms with van der Waals surface area (Å²) >= 11 is 0. The molecule has 47 heavy (non-hydrogen) atoms. The molecule has 4 rings (SSSR count). The first-order valence-corrected chi connectivity index (χ1v) is 16.8. The number of Topliss-reactive ketones (excluding diaryl/α,β-unsaturated/α-hetero) is 2. The van der Waals surface area contributed by atoms with Gasteiger partial charge in [0, 0.05) is 38.5 Å². The molecule has 1 aliphatic heterocycles. The monoisotopic (exact) mass is 654 g/mol. The van der Waals surface area contributed by atoms with Crippen LogP contribution in [0.4, 0.5) is 0 Å². The van der Waals surface area contributed by atoms with Crippen molar-refractivity contribution in [1.82, 2.24) is 30.8 Å². The highest BCUT2D eigenvalue weighted by Gasteiger charge is 2.52. The Morgan fingerprint density at radius 3 is 2.36 bits per heavy atom. The maximum atomic E-state index is 14.4. The van der Waals surface area contributed by atoms with Gasteiger partial charge in [0.2, 0.25) is 23.5 Å². The largest absolute Gasteiger partial charge is 0.381 e. The number of fused-ring (bicyclic) bond motifs is 1. The molecule has 2 saturated carbocycles. The zero-order valence-electron chi connectivity index (χ0n) is 28.4. The van der Waals surface area contributed by atoms with E-state index in [-0.39, 0.29) is 35.8 Å². The summed E-state index contributed by atoms with van der Waals surface area (Å²) < 4.78 is 5.46. The van der Waals surface area contributed by atoms with E-state index < -0.39 is 65.0 Å². The van der Waals surface area contributed by atoms with Crippen molar-refractivity contribution in [2.24, 2.45) is 23.2 Å². The molecule has 4 amide bonds. The summed E-state index contributed by atoms with van der Waals surface area (Å²) in [6.07, 6.45) is 8.42. The third-order valence-corrected chi connectivity index (χ3v) is 9.72. The van der Waals surface area contributed by atoms with Crippen molar-refractivity contribution in [2.45, 2.75) is 116 Å². The molecule has 1 aromatic rings. The van der Waals surface area contributed by atoms with E-state index in [4.69, 9.17) is 4.74 Å². The van der Waals surface area contributed by atoms with E-state index in [1.54, 1.807) is 11.8 Å². The van der Waals surface area contributed by atoms with Crippen LogP contribution in [0.3, 0.4) is 0 Å². The second-order valence-corrected chi connectivity index (χ2v) is 14.3. The molecule has 0 bridgehead atoms. The Kier molecular flexibility index (Phi) is 11.9. The molecule has 1 saturated heterocycles. The van der Waals surface area contributed by atoms with Crippen LogP contribution in [0.1, 0.15) is 96.5 Å². The van der Waals surface area contributed by atoms with Crippen molar-refractivity contribution >= 4 is 35.2 Å². The molecule has 3 aliphatic rings. The van der Waals surface area contributed by atoms with Crippen LogP contribution in [0, 0.1) is 23.2 Å². The van der Waals surface area contributed by atoms with Crippen LogP contribution in [0.15, 0.2) is 18.6 Å². The van der Waals surface area contributed by atoms with E-state index in [1.807, 2.05) is 27.7 Å². The number of nitrogens with zero attached hydrogens (tertiary/aromatic N) is 3. The van der Waals surface area contributed by atoms with Gasteiger partial charge in [-0.05, 0) is 56.3 Å². The van der Waals surface area contributed by atoms with Gasteiger partial charge in [-0.25, -0.2) is 4.98 Å². The molecule has 0 aromatic carbocycles. The minimum absolute atomic E-state index is 0.00719. The van der Waals surface area contributed by atoms with Gasteiger partial charge in [0.15, 0.2) is 5.78 Å². The SMILES string of the molecule is CCCC(NC(=O)[C@@H]1[C@H]2CCC[C@H]2CN1C(=O)[C@@H](NC(=O)C(CC(=O)c1cnccn1)[C@@H](C)OC)C(C)(C)C)C(=O)C(=O)NC1CC1. The van der Waals surface area contributed by atoms with E-state index in [2.05, 4.69) is 25.9 Å². The Morgan fingerprint density at radius 2 is 1.77 bits per heavy atom. The quantitative estimate of drug-likeness (QED) is 0.189. The van der Waals surface area contributed by atoms with Crippen LogP contribution in [-0.4, -0.2) is 94.0 Å². The van der Waals surface area contributed by atoms with Crippen molar-refractivity contribution < 1.29 is 33.5 Å². The highest BCUT2D eigenvalue weighted by Crippen LogP contribution is 2.43. The molecule has 3 N–H and O–H groups in total. The first kappa shape index (κ1) is 36.1. The molecule has 0 radical (unpaired) electrons. The van der Waals surface area contributed by atoms with E-state index in [9.17, 15) is 28.8 Å². The van der Waals surface area contributed by atoms with Gasteiger partial charge in [-0.3, -0.25) is 33.8 Å².